The van der Waals surface area contributed by atoms with Gasteiger partial charge in [-0.2, -0.15) is 0 Å². The maximum atomic E-state index is 12.5. The summed E-state index contributed by atoms with van der Waals surface area (Å²) in [5, 5.41) is 3.41. The smallest absolute Gasteiger partial charge is 0.227 e. The lowest BCUT2D eigenvalue weighted by molar-refractivity contribution is -0.136. The summed E-state index contributed by atoms with van der Waals surface area (Å²) in [7, 11) is 1.76. The van der Waals surface area contributed by atoms with Crippen molar-refractivity contribution in [1.29, 1.82) is 0 Å². The molecule has 1 atom stereocenters. The molecule has 0 saturated carbocycles. The van der Waals surface area contributed by atoms with Crippen LogP contribution in [0, 0.1) is 12.8 Å². The largest absolute Gasteiger partial charge is 0.367 e. The Kier molecular flexibility index (Phi) is 4.45. The second kappa shape index (κ2) is 6.52. The van der Waals surface area contributed by atoms with Crippen molar-refractivity contribution in [3.63, 3.8) is 0 Å². The summed E-state index contributed by atoms with van der Waals surface area (Å²) in [6, 6.07) is 2.25. The van der Waals surface area contributed by atoms with E-state index in [2.05, 4.69) is 15.3 Å². The Hall–Kier alpha value is -2.18. The van der Waals surface area contributed by atoms with Crippen LogP contribution in [-0.2, 0) is 9.59 Å². The number of rotatable bonds is 3. The van der Waals surface area contributed by atoms with E-state index in [9.17, 15) is 9.59 Å². The molecule has 2 amide bonds. The van der Waals surface area contributed by atoms with Gasteiger partial charge < -0.3 is 15.1 Å². The van der Waals surface area contributed by atoms with Gasteiger partial charge in [0.1, 0.15) is 12.1 Å². The number of piperidine rings is 1. The maximum Gasteiger partial charge on any atom is 0.227 e. The van der Waals surface area contributed by atoms with Crippen LogP contribution in [0.15, 0.2) is 12.4 Å². The maximum absolute atomic E-state index is 12.5. The van der Waals surface area contributed by atoms with Crippen molar-refractivity contribution in [2.45, 2.75) is 32.2 Å². The molecule has 0 radical (unpaired) electrons. The molecule has 23 heavy (non-hydrogen) atoms. The van der Waals surface area contributed by atoms with Gasteiger partial charge in [0.25, 0.3) is 0 Å². The van der Waals surface area contributed by atoms with E-state index in [1.54, 1.807) is 18.3 Å². The summed E-state index contributed by atoms with van der Waals surface area (Å²) in [6.45, 7) is 3.95. The fourth-order valence-corrected chi connectivity index (χ4v) is 3.27. The Morgan fingerprint density at radius 2 is 2.04 bits per heavy atom. The third kappa shape index (κ3) is 3.60. The van der Waals surface area contributed by atoms with E-state index in [-0.39, 0.29) is 17.7 Å². The predicted octanol–water partition coefficient (Wildman–Crippen LogP) is 0.666. The minimum absolute atomic E-state index is 0.0685. The van der Waals surface area contributed by atoms with Crippen molar-refractivity contribution >= 4 is 17.6 Å². The summed E-state index contributed by atoms with van der Waals surface area (Å²) >= 11 is 0. The lowest BCUT2D eigenvalue weighted by atomic mass is 10.0. The standard InChI is InChI=1S/C16H23N5O2/c1-11-7-14(18-10-17-11)19-13-3-5-21(6-4-13)16(23)12-8-15(22)20(2)9-12/h7,10,12-13H,3-6,8-9H2,1-2H3,(H,17,18,19). The van der Waals surface area contributed by atoms with Crippen molar-refractivity contribution in [2.24, 2.45) is 5.92 Å². The normalized spacial score (nSPS) is 22.5. The highest BCUT2D eigenvalue weighted by Crippen LogP contribution is 2.22. The molecule has 3 heterocycles. The first-order valence-corrected chi connectivity index (χ1v) is 8.11. The van der Waals surface area contributed by atoms with Gasteiger partial charge in [-0.25, -0.2) is 9.97 Å². The van der Waals surface area contributed by atoms with E-state index in [1.807, 2.05) is 17.9 Å². The van der Waals surface area contributed by atoms with Crippen LogP contribution in [0.4, 0.5) is 5.82 Å². The molecule has 2 aliphatic heterocycles. The van der Waals surface area contributed by atoms with Gasteiger partial charge in [0.2, 0.25) is 11.8 Å². The molecule has 2 fully saturated rings. The van der Waals surface area contributed by atoms with Gasteiger partial charge in [0, 0.05) is 50.9 Å². The molecule has 0 aromatic carbocycles. The number of carbonyl (C=O) groups excluding carboxylic acids is 2. The number of hydrogen-bond donors (Lipinski definition) is 1. The Bertz CT molecular complexity index is 598. The topological polar surface area (TPSA) is 78.4 Å². The first kappa shape index (κ1) is 15.7. The zero-order valence-electron chi connectivity index (χ0n) is 13.7. The molecule has 7 heteroatoms. The molecule has 2 saturated heterocycles. The Labute approximate surface area is 136 Å². The third-order valence-electron chi connectivity index (χ3n) is 4.65. The molecule has 7 nitrogen and oxygen atoms in total. The molecule has 1 aromatic rings. The average molecular weight is 317 g/mol. The third-order valence-corrected chi connectivity index (χ3v) is 4.65. The van der Waals surface area contributed by atoms with E-state index in [0.717, 1.165) is 37.4 Å². The van der Waals surface area contributed by atoms with Crippen molar-refractivity contribution in [1.82, 2.24) is 19.8 Å². The molecule has 0 bridgehead atoms. The van der Waals surface area contributed by atoms with E-state index < -0.39 is 0 Å². The number of anilines is 1. The summed E-state index contributed by atoms with van der Waals surface area (Å²) in [5.74, 6) is 0.866. The minimum Gasteiger partial charge on any atom is -0.367 e. The molecular formula is C16H23N5O2. The second-order valence-electron chi connectivity index (χ2n) is 6.46. The molecular weight excluding hydrogens is 294 g/mol. The van der Waals surface area contributed by atoms with E-state index in [0.29, 0.717) is 19.0 Å². The molecule has 124 valence electrons. The Balaban J connectivity index is 1.50. The van der Waals surface area contributed by atoms with Crippen LogP contribution in [0.5, 0.6) is 0 Å². The number of likely N-dealkylation sites (tertiary alicyclic amines) is 2. The van der Waals surface area contributed by atoms with Gasteiger partial charge in [-0.05, 0) is 19.8 Å². The molecule has 3 rings (SSSR count). The molecule has 0 aliphatic carbocycles. The highest BCUT2D eigenvalue weighted by molar-refractivity contribution is 5.89. The molecule has 1 N–H and O–H groups in total. The monoisotopic (exact) mass is 317 g/mol. The molecule has 1 unspecified atom stereocenters. The van der Waals surface area contributed by atoms with E-state index in [1.165, 1.54) is 0 Å². The number of nitrogens with one attached hydrogen (secondary N) is 1. The summed E-state index contributed by atoms with van der Waals surface area (Å²) in [4.78, 5) is 36.0. The highest BCUT2D eigenvalue weighted by atomic mass is 16.2. The molecule has 1 aromatic heterocycles. The highest BCUT2D eigenvalue weighted by Gasteiger charge is 2.35. The second-order valence-corrected chi connectivity index (χ2v) is 6.46. The van der Waals surface area contributed by atoms with Gasteiger partial charge in [0.05, 0.1) is 5.92 Å². The number of carbonyl (C=O) groups is 2. The first-order valence-electron chi connectivity index (χ1n) is 8.11. The van der Waals surface area contributed by atoms with Crippen LogP contribution in [-0.4, -0.2) is 64.3 Å². The SMILES string of the molecule is Cc1cc(NC2CCN(C(=O)C3CC(=O)N(C)C3)CC2)ncn1. The van der Waals surface area contributed by atoms with Gasteiger partial charge in [-0.15, -0.1) is 0 Å². The molecule has 0 spiro atoms. The van der Waals surface area contributed by atoms with Crippen molar-refractivity contribution < 1.29 is 9.59 Å². The summed E-state index contributed by atoms with van der Waals surface area (Å²) in [5.41, 5.74) is 0.935. The van der Waals surface area contributed by atoms with E-state index in [4.69, 9.17) is 0 Å². The van der Waals surface area contributed by atoms with Crippen molar-refractivity contribution in [3.8, 4) is 0 Å². The first-order chi connectivity index (χ1) is 11.0. The van der Waals surface area contributed by atoms with Gasteiger partial charge >= 0.3 is 0 Å². The van der Waals surface area contributed by atoms with Gasteiger partial charge in [0.15, 0.2) is 0 Å². The fraction of sp³-hybridized carbons (Fsp3) is 0.625. The quantitative estimate of drug-likeness (QED) is 0.886. The lowest BCUT2D eigenvalue weighted by Crippen LogP contribution is -2.45. The van der Waals surface area contributed by atoms with Crippen LogP contribution >= 0.6 is 0 Å². The number of aromatic nitrogens is 2. The number of hydrogen-bond acceptors (Lipinski definition) is 5. The minimum atomic E-state index is -0.165. The number of nitrogens with zero attached hydrogens (tertiary/aromatic N) is 4. The molecule has 2 aliphatic rings. The van der Waals surface area contributed by atoms with Gasteiger partial charge in [-0.3, -0.25) is 9.59 Å². The van der Waals surface area contributed by atoms with Crippen LogP contribution in [0.1, 0.15) is 25.0 Å². The van der Waals surface area contributed by atoms with Crippen LogP contribution in [0.25, 0.3) is 0 Å². The van der Waals surface area contributed by atoms with Crippen molar-refractivity contribution in [2.75, 3.05) is 32.0 Å². The predicted molar refractivity (Wildman–Crippen MR) is 85.7 cm³/mol. The van der Waals surface area contributed by atoms with Crippen LogP contribution in [0.2, 0.25) is 0 Å². The summed E-state index contributed by atoms with van der Waals surface area (Å²) < 4.78 is 0. The zero-order valence-corrected chi connectivity index (χ0v) is 13.7. The number of aryl methyl sites for hydroxylation is 1. The number of amides is 2. The van der Waals surface area contributed by atoms with Crippen LogP contribution < -0.4 is 5.32 Å². The van der Waals surface area contributed by atoms with Crippen molar-refractivity contribution in [3.05, 3.63) is 18.1 Å². The Morgan fingerprint density at radius 3 is 2.65 bits per heavy atom. The van der Waals surface area contributed by atoms with Gasteiger partial charge in [-0.1, -0.05) is 0 Å². The van der Waals surface area contributed by atoms with Crippen LogP contribution in [0.3, 0.4) is 0 Å². The summed E-state index contributed by atoms with van der Waals surface area (Å²) in [6.07, 6.45) is 3.70. The average Bonchev–Trinajstić information content (AvgIpc) is 2.87. The Morgan fingerprint density at radius 1 is 1.30 bits per heavy atom. The van der Waals surface area contributed by atoms with E-state index >= 15 is 0 Å². The fourth-order valence-electron chi connectivity index (χ4n) is 3.27. The zero-order chi connectivity index (χ0) is 16.4. The lowest BCUT2D eigenvalue weighted by Gasteiger charge is -2.34.